The standard InChI is InChI=1S/C13H14ClN3O4S/c1-3-21-13(18)11-7-12(16-15-11)22(19,20)17-9-5-4-8(2)10(14)6-9/h4-7,17H,3H2,1-2H3,(H,15,16). The number of halogens is 1. The second-order valence-corrected chi connectivity index (χ2v) is 6.47. The number of hydrogen-bond donors (Lipinski definition) is 2. The van der Waals surface area contributed by atoms with Crippen molar-refractivity contribution >= 4 is 33.3 Å². The summed E-state index contributed by atoms with van der Waals surface area (Å²) in [5.41, 5.74) is 1.03. The molecule has 0 radical (unpaired) electrons. The number of nitrogens with one attached hydrogen (secondary N) is 2. The highest BCUT2D eigenvalue weighted by molar-refractivity contribution is 7.92. The SMILES string of the molecule is CCOC(=O)c1cc(S(=O)(=O)Nc2ccc(C)c(Cl)c2)[nH]n1. The summed E-state index contributed by atoms with van der Waals surface area (Å²) in [6, 6.07) is 5.88. The van der Waals surface area contributed by atoms with Gasteiger partial charge in [-0.3, -0.25) is 9.82 Å². The Balaban J connectivity index is 2.23. The number of benzene rings is 1. The van der Waals surface area contributed by atoms with Crippen molar-refractivity contribution < 1.29 is 17.9 Å². The number of esters is 1. The van der Waals surface area contributed by atoms with Gasteiger partial charge in [0, 0.05) is 11.1 Å². The van der Waals surface area contributed by atoms with E-state index in [0.29, 0.717) is 10.7 Å². The molecule has 118 valence electrons. The van der Waals surface area contributed by atoms with Crippen LogP contribution >= 0.6 is 11.6 Å². The molecule has 0 unspecified atom stereocenters. The second-order valence-electron chi connectivity index (χ2n) is 4.41. The molecule has 1 heterocycles. The molecule has 9 heteroatoms. The molecular formula is C13H14ClN3O4S. The van der Waals surface area contributed by atoms with Gasteiger partial charge >= 0.3 is 5.97 Å². The number of hydrogen-bond acceptors (Lipinski definition) is 5. The van der Waals surface area contributed by atoms with Crippen LogP contribution in [0.25, 0.3) is 0 Å². The highest BCUT2D eigenvalue weighted by atomic mass is 35.5. The van der Waals surface area contributed by atoms with Crippen molar-refractivity contribution in [3.8, 4) is 0 Å². The molecule has 0 saturated heterocycles. The molecule has 7 nitrogen and oxygen atoms in total. The average Bonchev–Trinajstić information content (AvgIpc) is 2.93. The molecule has 22 heavy (non-hydrogen) atoms. The molecule has 1 aromatic heterocycles. The number of sulfonamides is 1. The molecule has 0 fully saturated rings. The van der Waals surface area contributed by atoms with Gasteiger partial charge < -0.3 is 4.74 Å². The maximum atomic E-state index is 12.2. The lowest BCUT2D eigenvalue weighted by molar-refractivity contribution is 0.0519. The molecule has 0 bridgehead atoms. The van der Waals surface area contributed by atoms with Gasteiger partial charge in [0.1, 0.15) is 0 Å². The van der Waals surface area contributed by atoms with E-state index in [-0.39, 0.29) is 17.3 Å². The Morgan fingerprint density at radius 2 is 2.14 bits per heavy atom. The minimum atomic E-state index is -3.91. The van der Waals surface area contributed by atoms with E-state index in [1.807, 2.05) is 0 Å². The van der Waals surface area contributed by atoms with Crippen molar-refractivity contribution in [2.75, 3.05) is 11.3 Å². The van der Waals surface area contributed by atoms with Crippen molar-refractivity contribution in [2.45, 2.75) is 18.9 Å². The van der Waals surface area contributed by atoms with E-state index >= 15 is 0 Å². The van der Waals surface area contributed by atoms with Crippen LogP contribution in [0.5, 0.6) is 0 Å². The van der Waals surface area contributed by atoms with Crippen LogP contribution in [0, 0.1) is 6.92 Å². The third-order valence-electron chi connectivity index (χ3n) is 2.75. The first kappa shape index (κ1) is 16.3. The van der Waals surface area contributed by atoms with Gasteiger partial charge in [-0.25, -0.2) is 4.79 Å². The number of aromatic nitrogens is 2. The molecule has 0 aliphatic heterocycles. The Bertz CT molecular complexity index is 801. The molecule has 1 aromatic carbocycles. The van der Waals surface area contributed by atoms with E-state index in [2.05, 4.69) is 14.9 Å². The molecule has 2 N–H and O–H groups in total. The summed E-state index contributed by atoms with van der Waals surface area (Å²) in [6.45, 7) is 3.62. The largest absolute Gasteiger partial charge is 0.461 e. The van der Waals surface area contributed by atoms with Crippen LogP contribution in [0.1, 0.15) is 23.0 Å². The predicted molar refractivity (Wildman–Crippen MR) is 81.5 cm³/mol. The third kappa shape index (κ3) is 3.58. The van der Waals surface area contributed by atoms with E-state index in [0.717, 1.165) is 11.6 Å². The predicted octanol–water partition coefficient (Wildman–Crippen LogP) is 2.35. The first-order chi connectivity index (χ1) is 10.3. The summed E-state index contributed by atoms with van der Waals surface area (Å²) in [7, 11) is -3.91. The summed E-state index contributed by atoms with van der Waals surface area (Å²) >= 11 is 5.95. The number of aromatic amines is 1. The van der Waals surface area contributed by atoms with Crippen LogP contribution in [-0.2, 0) is 14.8 Å². The Hall–Kier alpha value is -2.06. The number of rotatable bonds is 5. The summed E-state index contributed by atoms with van der Waals surface area (Å²) < 4.78 is 31.5. The lowest BCUT2D eigenvalue weighted by Gasteiger charge is -2.07. The first-order valence-electron chi connectivity index (χ1n) is 6.35. The van der Waals surface area contributed by atoms with Crippen LogP contribution in [0.4, 0.5) is 5.69 Å². The van der Waals surface area contributed by atoms with Crippen molar-refractivity contribution in [2.24, 2.45) is 0 Å². The second kappa shape index (κ2) is 6.37. The van der Waals surface area contributed by atoms with Gasteiger partial charge in [0.25, 0.3) is 10.0 Å². The molecule has 0 spiro atoms. The monoisotopic (exact) mass is 343 g/mol. The molecule has 0 atom stereocenters. The van der Waals surface area contributed by atoms with Crippen molar-refractivity contribution in [3.63, 3.8) is 0 Å². The number of carbonyl (C=O) groups excluding carboxylic acids is 1. The number of anilines is 1. The Labute approximate surface area is 132 Å². The van der Waals surface area contributed by atoms with Crippen molar-refractivity contribution in [1.29, 1.82) is 0 Å². The molecule has 0 aliphatic carbocycles. The maximum absolute atomic E-state index is 12.2. The Morgan fingerprint density at radius 3 is 2.77 bits per heavy atom. The zero-order valence-electron chi connectivity index (χ0n) is 11.9. The van der Waals surface area contributed by atoms with Gasteiger partial charge in [-0.15, -0.1) is 0 Å². The fraction of sp³-hybridized carbons (Fsp3) is 0.231. The molecular weight excluding hydrogens is 330 g/mol. The fourth-order valence-electron chi connectivity index (χ4n) is 1.62. The number of H-pyrrole nitrogens is 1. The van der Waals surface area contributed by atoms with E-state index in [4.69, 9.17) is 16.3 Å². The normalized spacial score (nSPS) is 11.2. The number of ether oxygens (including phenoxy) is 1. The van der Waals surface area contributed by atoms with Gasteiger partial charge in [0.2, 0.25) is 0 Å². The van der Waals surface area contributed by atoms with Crippen LogP contribution in [0.15, 0.2) is 29.3 Å². The molecule has 0 aliphatic rings. The van der Waals surface area contributed by atoms with E-state index in [1.165, 1.54) is 6.07 Å². The average molecular weight is 344 g/mol. The van der Waals surface area contributed by atoms with Crippen molar-refractivity contribution in [3.05, 3.63) is 40.5 Å². The smallest absolute Gasteiger partial charge is 0.358 e. The summed E-state index contributed by atoms with van der Waals surface area (Å²) in [5, 5.41) is 6.13. The van der Waals surface area contributed by atoms with Crippen LogP contribution in [0.3, 0.4) is 0 Å². The van der Waals surface area contributed by atoms with E-state index in [1.54, 1.807) is 26.0 Å². The van der Waals surface area contributed by atoms with Crippen LogP contribution in [0.2, 0.25) is 5.02 Å². The first-order valence-corrected chi connectivity index (χ1v) is 8.21. The Kier molecular flexibility index (Phi) is 4.72. The minimum absolute atomic E-state index is 0.107. The van der Waals surface area contributed by atoms with Gasteiger partial charge in [-0.2, -0.15) is 13.5 Å². The summed E-state index contributed by atoms with van der Waals surface area (Å²) in [4.78, 5) is 11.5. The maximum Gasteiger partial charge on any atom is 0.358 e. The molecule has 0 amide bonds. The highest BCUT2D eigenvalue weighted by Crippen LogP contribution is 2.22. The third-order valence-corrected chi connectivity index (χ3v) is 4.45. The highest BCUT2D eigenvalue weighted by Gasteiger charge is 2.21. The van der Waals surface area contributed by atoms with Gasteiger partial charge in [0.15, 0.2) is 10.7 Å². The number of carbonyl (C=O) groups is 1. The van der Waals surface area contributed by atoms with E-state index < -0.39 is 16.0 Å². The van der Waals surface area contributed by atoms with Crippen molar-refractivity contribution in [1.82, 2.24) is 10.2 Å². The lowest BCUT2D eigenvalue weighted by atomic mass is 10.2. The minimum Gasteiger partial charge on any atom is -0.461 e. The topological polar surface area (TPSA) is 101 Å². The fourth-order valence-corrected chi connectivity index (χ4v) is 2.78. The van der Waals surface area contributed by atoms with Gasteiger partial charge in [-0.05, 0) is 31.5 Å². The molecule has 0 saturated carbocycles. The zero-order chi connectivity index (χ0) is 16.3. The van der Waals surface area contributed by atoms with Gasteiger partial charge in [0.05, 0.1) is 12.3 Å². The summed E-state index contributed by atoms with van der Waals surface area (Å²) in [6.07, 6.45) is 0. The van der Waals surface area contributed by atoms with Crippen LogP contribution < -0.4 is 4.72 Å². The van der Waals surface area contributed by atoms with E-state index in [9.17, 15) is 13.2 Å². The lowest BCUT2D eigenvalue weighted by Crippen LogP contribution is -2.13. The molecule has 2 rings (SSSR count). The zero-order valence-corrected chi connectivity index (χ0v) is 13.5. The quantitative estimate of drug-likeness (QED) is 0.811. The molecule has 2 aromatic rings. The number of aryl methyl sites for hydroxylation is 1. The number of nitrogens with zero attached hydrogens (tertiary/aromatic N) is 1. The van der Waals surface area contributed by atoms with Gasteiger partial charge in [-0.1, -0.05) is 17.7 Å². The van der Waals surface area contributed by atoms with Crippen LogP contribution in [-0.4, -0.2) is 31.2 Å². The summed E-state index contributed by atoms with van der Waals surface area (Å²) in [5.74, 6) is -0.696. The Morgan fingerprint density at radius 1 is 1.41 bits per heavy atom.